The highest BCUT2D eigenvalue weighted by Gasteiger charge is 1.93. The minimum atomic E-state index is -0.0700. The van der Waals surface area contributed by atoms with E-state index < -0.39 is 0 Å². The number of carbonyl (C=O) groups is 1. The fraction of sp³-hybridized carbons (Fsp3) is 0. The summed E-state index contributed by atoms with van der Waals surface area (Å²) < 4.78 is 0. The van der Waals surface area contributed by atoms with Crippen molar-refractivity contribution in [3.63, 3.8) is 0 Å². The highest BCUT2D eigenvalue weighted by atomic mass is 35.5. The van der Waals surface area contributed by atoms with Crippen LogP contribution in [0, 0.1) is 0 Å². The Hall–Kier alpha value is -1.10. The van der Waals surface area contributed by atoms with E-state index >= 15 is 0 Å². The molecule has 0 aliphatic carbocycles. The summed E-state index contributed by atoms with van der Waals surface area (Å²) in [6.07, 6.45) is 0.441. The van der Waals surface area contributed by atoms with E-state index in [1.807, 2.05) is 0 Å². The zero-order valence-electron chi connectivity index (χ0n) is 4.15. The lowest BCUT2D eigenvalue weighted by atomic mass is 10.7. The number of rotatable bonds is 1. The average Bonchev–Trinajstić information content (AvgIpc) is 1.90. The number of carbonyl (C=O) groups excluding carboxylic acids is 1. The Morgan fingerprint density at radius 1 is 1.22 bits per heavy atom. The molecule has 0 atom stereocenters. The first-order valence-corrected chi connectivity index (χ1v) is 2.39. The molecule has 0 saturated carbocycles. The number of hydrogen-bond acceptors (Lipinski definition) is 5. The largest absolute Gasteiger partial charge is 0.294 e. The SMILES string of the molecule is O=Cc1nnc(Cl)nn1. The summed E-state index contributed by atoms with van der Waals surface area (Å²) in [6.45, 7) is 0. The van der Waals surface area contributed by atoms with Crippen LogP contribution in [0.25, 0.3) is 0 Å². The number of aldehydes is 1. The van der Waals surface area contributed by atoms with Crippen LogP contribution < -0.4 is 0 Å². The summed E-state index contributed by atoms with van der Waals surface area (Å²) in [7, 11) is 0. The molecule has 5 nitrogen and oxygen atoms in total. The Kier molecular flexibility index (Phi) is 1.64. The maximum atomic E-state index is 9.87. The molecule has 0 radical (unpaired) electrons. The molecule has 0 aromatic carbocycles. The highest BCUT2D eigenvalue weighted by molar-refractivity contribution is 6.28. The third-order valence-corrected chi connectivity index (χ3v) is 0.727. The second-order valence-electron chi connectivity index (χ2n) is 1.15. The van der Waals surface area contributed by atoms with Crippen molar-refractivity contribution in [3.05, 3.63) is 11.1 Å². The van der Waals surface area contributed by atoms with Crippen molar-refractivity contribution in [1.82, 2.24) is 20.4 Å². The molecule has 0 amide bonds. The van der Waals surface area contributed by atoms with Crippen molar-refractivity contribution >= 4 is 17.9 Å². The van der Waals surface area contributed by atoms with Gasteiger partial charge in [0.15, 0.2) is 6.29 Å². The van der Waals surface area contributed by atoms with E-state index in [2.05, 4.69) is 20.4 Å². The van der Waals surface area contributed by atoms with Crippen molar-refractivity contribution in [3.8, 4) is 0 Å². The van der Waals surface area contributed by atoms with E-state index in [0.29, 0.717) is 6.29 Å². The van der Waals surface area contributed by atoms with Crippen molar-refractivity contribution < 1.29 is 4.79 Å². The Balaban J connectivity index is 3.01. The second kappa shape index (κ2) is 2.45. The summed E-state index contributed by atoms with van der Waals surface area (Å²) >= 11 is 5.21. The molecule has 0 bridgehead atoms. The lowest BCUT2D eigenvalue weighted by molar-refractivity contribution is 0.111. The van der Waals surface area contributed by atoms with Gasteiger partial charge >= 0.3 is 0 Å². The third kappa shape index (κ3) is 1.39. The fourth-order valence-electron chi connectivity index (χ4n) is 0.272. The molecular weight excluding hydrogens is 144 g/mol. The standard InChI is InChI=1S/C3HClN4O/c4-3-7-5-2(1-9)6-8-3/h1H. The lowest BCUT2D eigenvalue weighted by Crippen LogP contribution is -1.97. The van der Waals surface area contributed by atoms with Gasteiger partial charge in [0.25, 0.3) is 5.28 Å². The molecule has 0 saturated heterocycles. The molecule has 0 N–H and O–H groups in total. The van der Waals surface area contributed by atoms with Gasteiger partial charge in [0, 0.05) is 0 Å². The van der Waals surface area contributed by atoms with E-state index in [1.165, 1.54) is 0 Å². The van der Waals surface area contributed by atoms with Gasteiger partial charge < -0.3 is 0 Å². The zero-order chi connectivity index (χ0) is 6.69. The normalized spacial score (nSPS) is 9.00. The molecule has 1 aromatic rings. The van der Waals surface area contributed by atoms with Crippen molar-refractivity contribution in [1.29, 1.82) is 0 Å². The highest BCUT2D eigenvalue weighted by Crippen LogP contribution is 1.90. The van der Waals surface area contributed by atoms with Gasteiger partial charge in [0.2, 0.25) is 5.82 Å². The Labute approximate surface area is 55.1 Å². The third-order valence-electron chi connectivity index (χ3n) is 0.575. The maximum absolute atomic E-state index is 9.87. The molecule has 0 unspecified atom stereocenters. The van der Waals surface area contributed by atoms with Gasteiger partial charge in [-0.2, -0.15) is 0 Å². The van der Waals surface area contributed by atoms with Crippen LogP contribution in [0.15, 0.2) is 0 Å². The van der Waals surface area contributed by atoms with Gasteiger partial charge in [-0.15, -0.1) is 20.4 Å². The predicted molar refractivity (Wildman–Crippen MR) is 28.0 cm³/mol. The zero-order valence-corrected chi connectivity index (χ0v) is 4.91. The monoisotopic (exact) mass is 144 g/mol. The molecule has 0 aliphatic heterocycles. The van der Waals surface area contributed by atoms with E-state index in [1.54, 1.807) is 0 Å². The van der Waals surface area contributed by atoms with Crippen molar-refractivity contribution in [2.24, 2.45) is 0 Å². The van der Waals surface area contributed by atoms with Crippen LogP contribution in [0.4, 0.5) is 0 Å². The summed E-state index contributed by atoms with van der Waals surface area (Å²) in [5.74, 6) is -0.0700. The van der Waals surface area contributed by atoms with Gasteiger partial charge in [-0.3, -0.25) is 4.79 Å². The first kappa shape index (κ1) is 6.03. The van der Waals surface area contributed by atoms with Crippen LogP contribution >= 0.6 is 11.6 Å². The summed E-state index contributed by atoms with van der Waals surface area (Å²) in [5, 5.41) is 13.0. The number of halogens is 1. The van der Waals surface area contributed by atoms with Crippen molar-refractivity contribution in [2.75, 3.05) is 0 Å². The Morgan fingerprint density at radius 3 is 2.22 bits per heavy atom. The van der Waals surface area contributed by atoms with Crippen LogP contribution in [0.2, 0.25) is 5.28 Å². The van der Waals surface area contributed by atoms with Crippen LogP contribution in [0.3, 0.4) is 0 Å². The smallest absolute Gasteiger partial charge is 0.262 e. The molecule has 0 spiro atoms. The number of nitrogens with zero attached hydrogens (tertiary/aromatic N) is 4. The molecule has 46 valence electrons. The van der Waals surface area contributed by atoms with Gasteiger partial charge in [-0.05, 0) is 11.6 Å². The van der Waals surface area contributed by atoms with Crippen LogP contribution in [0.1, 0.15) is 10.6 Å². The van der Waals surface area contributed by atoms with Gasteiger partial charge in [0.1, 0.15) is 0 Å². The summed E-state index contributed by atoms with van der Waals surface area (Å²) in [4.78, 5) is 9.87. The molecule has 0 fully saturated rings. The molecule has 9 heavy (non-hydrogen) atoms. The first-order chi connectivity index (χ1) is 4.33. The lowest BCUT2D eigenvalue weighted by Gasteiger charge is -1.82. The molecule has 1 heterocycles. The molecular formula is C3HClN4O. The number of hydrogen-bond donors (Lipinski definition) is 0. The van der Waals surface area contributed by atoms with Gasteiger partial charge in [-0.25, -0.2) is 0 Å². The fourth-order valence-corrected chi connectivity index (χ4v) is 0.348. The molecule has 1 rings (SSSR count). The predicted octanol–water partition coefficient (Wildman–Crippen LogP) is -0.268. The Morgan fingerprint density at radius 2 is 1.78 bits per heavy atom. The first-order valence-electron chi connectivity index (χ1n) is 2.01. The topological polar surface area (TPSA) is 68.6 Å². The van der Waals surface area contributed by atoms with Crippen molar-refractivity contribution in [2.45, 2.75) is 0 Å². The van der Waals surface area contributed by atoms with E-state index in [9.17, 15) is 4.79 Å². The summed E-state index contributed by atoms with van der Waals surface area (Å²) in [6, 6.07) is 0. The maximum Gasteiger partial charge on any atom is 0.262 e. The van der Waals surface area contributed by atoms with Crippen LogP contribution in [-0.2, 0) is 0 Å². The molecule has 6 heteroatoms. The average molecular weight is 145 g/mol. The molecule has 1 aromatic heterocycles. The van der Waals surface area contributed by atoms with Gasteiger partial charge in [-0.1, -0.05) is 0 Å². The van der Waals surface area contributed by atoms with Crippen LogP contribution in [0.5, 0.6) is 0 Å². The quantitative estimate of drug-likeness (QED) is 0.508. The number of aromatic nitrogens is 4. The van der Waals surface area contributed by atoms with E-state index in [-0.39, 0.29) is 11.1 Å². The minimum Gasteiger partial charge on any atom is -0.294 e. The Bertz CT molecular complexity index is 210. The summed E-state index contributed by atoms with van der Waals surface area (Å²) in [5.41, 5.74) is 0. The van der Waals surface area contributed by atoms with Gasteiger partial charge in [0.05, 0.1) is 0 Å². The molecule has 0 aliphatic rings. The minimum absolute atomic E-state index is 0.0689. The van der Waals surface area contributed by atoms with Crippen LogP contribution in [-0.4, -0.2) is 26.7 Å². The second-order valence-corrected chi connectivity index (χ2v) is 1.48. The van der Waals surface area contributed by atoms with E-state index in [0.717, 1.165) is 0 Å². The van der Waals surface area contributed by atoms with E-state index in [4.69, 9.17) is 11.6 Å².